The highest BCUT2D eigenvalue weighted by Crippen LogP contribution is 2.22. The van der Waals surface area contributed by atoms with Crippen LogP contribution in [-0.2, 0) is 9.59 Å². The van der Waals surface area contributed by atoms with Gasteiger partial charge in [-0.25, -0.2) is 0 Å². The number of hydrogen-bond donors (Lipinski definition) is 2. The molecule has 0 spiro atoms. The van der Waals surface area contributed by atoms with Crippen molar-refractivity contribution in [2.45, 2.75) is 44.6 Å². The zero-order chi connectivity index (χ0) is 13.7. The minimum absolute atomic E-state index is 0.0250. The maximum atomic E-state index is 11.6. The van der Waals surface area contributed by atoms with Crippen molar-refractivity contribution in [3.8, 4) is 0 Å². The van der Waals surface area contributed by atoms with Gasteiger partial charge in [0.1, 0.15) is 5.78 Å². The standard InChI is InChI=1S/C14H24N2O3/c17-10-12-4-1-2-6-16(12)7-3-5-15-14(19)11-8-13(18)9-11/h11-12,17H,1-10H2,(H,15,19). The van der Waals surface area contributed by atoms with Gasteiger partial charge < -0.3 is 10.4 Å². The largest absolute Gasteiger partial charge is 0.395 e. The highest BCUT2D eigenvalue weighted by Gasteiger charge is 2.32. The van der Waals surface area contributed by atoms with Crippen LogP contribution in [-0.4, -0.2) is 54.0 Å². The molecule has 0 radical (unpaired) electrons. The first-order chi connectivity index (χ1) is 9.20. The lowest BCUT2D eigenvalue weighted by atomic mass is 9.83. The molecule has 1 saturated heterocycles. The number of carbonyl (C=O) groups excluding carboxylic acids is 2. The number of aliphatic hydroxyl groups is 1. The minimum atomic E-state index is -0.0762. The lowest BCUT2D eigenvalue weighted by Crippen LogP contribution is -2.44. The van der Waals surface area contributed by atoms with Crippen molar-refractivity contribution in [3.63, 3.8) is 0 Å². The lowest BCUT2D eigenvalue weighted by molar-refractivity contribution is -0.137. The van der Waals surface area contributed by atoms with Crippen LogP contribution in [0.15, 0.2) is 0 Å². The van der Waals surface area contributed by atoms with E-state index < -0.39 is 0 Å². The van der Waals surface area contributed by atoms with Gasteiger partial charge in [-0.15, -0.1) is 0 Å². The summed E-state index contributed by atoms with van der Waals surface area (Å²) in [5.41, 5.74) is 0. The summed E-state index contributed by atoms with van der Waals surface area (Å²) in [5, 5.41) is 12.2. The molecule has 19 heavy (non-hydrogen) atoms. The predicted octanol–water partition coefficient (Wildman–Crippen LogP) is 0.319. The van der Waals surface area contributed by atoms with E-state index in [9.17, 15) is 14.7 Å². The first kappa shape index (κ1) is 14.5. The topological polar surface area (TPSA) is 69.6 Å². The summed E-state index contributed by atoms with van der Waals surface area (Å²) >= 11 is 0. The second-order valence-electron chi connectivity index (χ2n) is 5.66. The lowest BCUT2D eigenvalue weighted by Gasteiger charge is -2.34. The second kappa shape index (κ2) is 7.01. The van der Waals surface area contributed by atoms with Crippen LogP contribution in [0.2, 0.25) is 0 Å². The van der Waals surface area contributed by atoms with Crippen LogP contribution in [0.4, 0.5) is 0 Å². The zero-order valence-corrected chi connectivity index (χ0v) is 11.4. The maximum Gasteiger partial charge on any atom is 0.224 e. The SMILES string of the molecule is O=C1CC(C(=O)NCCCN2CCCCC2CO)C1. The van der Waals surface area contributed by atoms with Crippen molar-refractivity contribution in [2.75, 3.05) is 26.2 Å². The molecule has 5 heteroatoms. The van der Waals surface area contributed by atoms with E-state index in [1.165, 1.54) is 12.8 Å². The molecule has 1 atom stereocenters. The van der Waals surface area contributed by atoms with Gasteiger partial charge in [0, 0.05) is 32.0 Å². The quantitative estimate of drug-likeness (QED) is 0.681. The molecule has 2 rings (SSSR count). The Bertz CT molecular complexity index is 325. The fourth-order valence-electron chi connectivity index (χ4n) is 2.87. The van der Waals surface area contributed by atoms with Gasteiger partial charge >= 0.3 is 0 Å². The zero-order valence-electron chi connectivity index (χ0n) is 11.4. The van der Waals surface area contributed by atoms with E-state index >= 15 is 0 Å². The highest BCUT2D eigenvalue weighted by atomic mass is 16.3. The van der Waals surface area contributed by atoms with Crippen molar-refractivity contribution in [2.24, 2.45) is 5.92 Å². The number of aliphatic hydroxyl groups excluding tert-OH is 1. The Morgan fingerprint density at radius 3 is 2.84 bits per heavy atom. The summed E-state index contributed by atoms with van der Waals surface area (Å²) in [6.07, 6.45) is 5.23. The molecule has 0 bridgehead atoms. The van der Waals surface area contributed by atoms with Gasteiger partial charge in [0.05, 0.1) is 12.5 Å². The Kier molecular flexibility index (Phi) is 5.34. The third-order valence-corrected chi connectivity index (χ3v) is 4.20. The van der Waals surface area contributed by atoms with Gasteiger partial charge in [-0.1, -0.05) is 6.42 Å². The smallest absolute Gasteiger partial charge is 0.224 e. The Balaban J connectivity index is 1.58. The van der Waals surface area contributed by atoms with Crippen LogP contribution in [0, 0.1) is 5.92 Å². The van der Waals surface area contributed by atoms with Crippen LogP contribution in [0.1, 0.15) is 38.5 Å². The van der Waals surface area contributed by atoms with Crippen LogP contribution < -0.4 is 5.32 Å². The van der Waals surface area contributed by atoms with Gasteiger partial charge in [0.25, 0.3) is 0 Å². The summed E-state index contributed by atoms with van der Waals surface area (Å²) in [4.78, 5) is 24.8. The van der Waals surface area contributed by atoms with Gasteiger partial charge in [-0.05, 0) is 25.8 Å². The molecule has 0 aromatic rings. The fraction of sp³-hybridized carbons (Fsp3) is 0.857. The number of piperidine rings is 1. The number of amides is 1. The monoisotopic (exact) mass is 268 g/mol. The van der Waals surface area contributed by atoms with E-state index in [0.717, 1.165) is 25.9 Å². The number of likely N-dealkylation sites (tertiary alicyclic amines) is 1. The van der Waals surface area contributed by atoms with Crippen molar-refractivity contribution in [1.82, 2.24) is 10.2 Å². The van der Waals surface area contributed by atoms with E-state index in [1.807, 2.05) is 0 Å². The number of nitrogens with zero attached hydrogens (tertiary/aromatic N) is 1. The number of ketones is 1. The first-order valence-corrected chi connectivity index (χ1v) is 7.35. The average molecular weight is 268 g/mol. The van der Waals surface area contributed by atoms with Crippen molar-refractivity contribution >= 4 is 11.7 Å². The molecule has 2 aliphatic rings. The molecule has 108 valence electrons. The molecule has 1 amide bonds. The molecule has 1 aliphatic heterocycles. The second-order valence-corrected chi connectivity index (χ2v) is 5.66. The van der Waals surface area contributed by atoms with E-state index in [2.05, 4.69) is 10.2 Å². The van der Waals surface area contributed by atoms with Crippen LogP contribution in [0.3, 0.4) is 0 Å². The molecule has 0 aromatic heterocycles. The van der Waals surface area contributed by atoms with E-state index in [0.29, 0.717) is 25.4 Å². The Morgan fingerprint density at radius 1 is 1.37 bits per heavy atom. The van der Waals surface area contributed by atoms with Gasteiger partial charge in [-0.2, -0.15) is 0 Å². The molecular weight excluding hydrogens is 244 g/mol. The fourth-order valence-corrected chi connectivity index (χ4v) is 2.87. The van der Waals surface area contributed by atoms with Gasteiger partial charge in [0.15, 0.2) is 0 Å². The predicted molar refractivity (Wildman–Crippen MR) is 71.7 cm³/mol. The van der Waals surface area contributed by atoms with E-state index in [4.69, 9.17) is 0 Å². The summed E-state index contributed by atoms with van der Waals surface area (Å²) < 4.78 is 0. The van der Waals surface area contributed by atoms with Crippen LogP contribution in [0.25, 0.3) is 0 Å². The molecule has 1 aliphatic carbocycles. The molecule has 1 heterocycles. The van der Waals surface area contributed by atoms with Crippen LogP contribution >= 0.6 is 0 Å². The molecule has 2 N–H and O–H groups in total. The summed E-state index contributed by atoms with van der Waals surface area (Å²) in [6, 6.07) is 0.300. The third-order valence-electron chi connectivity index (χ3n) is 4.20. The molecular formula is C14H24N2O3. The maximum absolute atomic E-state index is 11.6. The molecule has 5 nitrogen and oxygen atoms in total. The van der Waals surface area contributed by atoms with Crippen molar-refractivity contribution < 1.29 is 14.7 Å². The Morgan fingerprint density at radius 2 is 2.16 bits per heavy atom. The van der Waals surface area contributed by atoms with Crippen molar-refractivity contribution in [3.05, 3.63) is 0 Å². The summed E-state index contributed by atoms with van der Waals surface area (Å²) in [7, 11) is 0. The average Bonchev–Trinajstić information content (AvgIpc) is 2.40. The molecule has 1 saturated carbocycles. The summed E-state index contributed by atoms with van der Waals surface area (Å²) in [6.45, 7) is 2.88. The Labute approximate surface area is 114 Å². The number of Topliss-reactive ketones (excluding diaryl/α,β-unsaturated/α-hetero) is 1. The highest BCUT2D eigenvalue weighted by molar-refractivity contribution is 5.96. The minimum Gasteiger partial charge on any atom is -0.395 e. The van der Waals surface area contributed by atoms with Crippen LogP contribution in [0.5, 0.6) is 0 Å². The number of nitrogens with one attached hydrogen (secondary N) is 1. The van der Waals surface area contributed by atoms with Gasteiger partial charge in [-0.3, -0.25) is 14.5 Å². The van der Waals surface area contributed by atoms with Crippen molar-refractivity contribution in [1.29, 1.82) is 0 Å². The molecule has 2 fully saturated rings. The summed E-state index contributed by atoms with van der Waals surface area (Å²) in [5.74, 6) is 0.142. The third kappa shape index (κ3) is 4.01. The van der Waals surface area contributed by atoms with E-state index in [-0.39, 0.29) is 24.2 Å². The molecule has 0 aromatic carbocycles. The van der Waals surface area contributed by atoms with E-state index in [1.54, 1.807) is 0 Å². The number of carbonyl (C=O) groups is 2. The first-order valence-electron chi connectivity index (χ1n) is 7.35. The number of hydrogen-bond acceptors (Lipinski definition) is 4. The number of rotatable bonds is 6. The van der Waals surface area contributed by atoms with Gasteiger partial charge in [0.2, 0.25) is 5.91 Å². The molecule has 1 unspecified atom stereocenters. The normalized spacial score (nSPS) is 25.1. The Hall–Kier alpha value is -0.940.